The van der Waals surface area contributed by atoms with Crippen LogP contribution in [0.5, 0.6) is 11.8 Å². The number of amides is 1. The van der Waals surface area contributed by atoms with E-state index in [0.29, 0.717) is 41.9 Å². The van der Waals surface area contributed by atoms with Crippen molar-refractivity contribution < 1.29 is 23.4 Å². The molecule has 1 aromatic heterocycles. The molecule has 51 heavy (non-hydrogen) atoms. The predicted octanol–water partition coefficient (Wildman–Crippen LogP) is 5.98. The Balaban J connectivity index is 1.35. The Labute approximate surface area is 296 Å². The number of aromatic nitrogens is 2. The van der Waals surface area contributed by atoms with Gasteiger partial charge in [0.2, 0.25) is 5.91 Å². The number of nitrogens with zero attached hydrogens (tertiary/aromatic N) is 5. The molecule has 0 unspecified atom stereocenters. The average Bonchev–Trinajstić information content (AvgIpc) is 3.76. The van der Waals surface area contributed by atoms with Crippen LogP contribution >= 0.6 is 0 Å². The van der Waals surface area contributed by atoms with Gasteiger partial charge in [0.05, 0.1) is 11.1 Å². The molecule has 9 nitrogen and oxygen atoms in total. The van der Waals surface area contributed by atoms with Gasteiger partial charge in [-0.15, -0.1) is 6.42 Å². The molecular formula is C40H42F2N6O3. The zero-order valence-electron chi connectivity index (χ0n) is 29.0. The average molecular weight is 693 g/mol. The van der Waals surface area contributed by atoms with Gasteiger partial charge in [0.25, 0.3) is 0 Å². The molecule has 0 aliphatic carbocycles. The topological polar surface area (TPSA) is 108 Å². The summed E-state index contributed by atoms with van der Waals surface area (Å²) in [7, 11) is 0. The molecule has 264 valence electrons. The molecule has 3 aromatic carbocycles. The van der Waals surface area contributed by atoms with Crippen molar-refractivity contribution in [3.05, 3.63) is 65.7 Å². The number of halogens is 2. The van der Waals surface area contributed by atoms with Crippen molar-refractivity contribution in [2.45, 2.75) is 75.5 Å². The first-order valence-corrected chi connectivity index (χ1v) is 17.8. The van der Waals surface area contributed by atoms with Crippen molar-refractivity contribution in [2.24, 2.45) is 5.73 Å². The Bertz CT molecular complexity index is 2130. The van der Waals surface area contributed by atoms with Gasteiger partial charge in [-0.2, -0.15) is 9.97 Å². The number of phenolic OH excluding ortho intramolecular Hbond substituents is 1. The minimum atomic E-state index is -1.11. The summed E-state index contributed by atoms with van der Waals surface area (Å²) in [5.41, 5.74) is 6.23. The second-order valence-corrected chi connectivity index (χ2v) is 15.2. The monoisotopic (exact) mass is 692 g/mol. The Morgan fingerprint density at radius 2 is 1.86 bits per heavy atom. The Hall–Kier alpha value is -4.79. The van der Waals surface area contributed by atoms with Crippen LogP contribution in [0, 0.1) is 24.0 Å². The highest BCUT2D eigenvalue weighted by atomic mass is 19.1. The number of aromatic hydroxyl groups is 1. The number of piperazine rings is 1. The fraction of sp³-hybridized carbons (Fsp3) is 0.425. The standard InChI is InChI=1S/C40H42F2N6O3/c1-5-27-31(41)12-9-23-17-26(49)18-28(33(23)27)34-30(39(3,4)43)19-29-36(35(34)42)44-38(51-22-40-13-7-15-47(40)16-8-14-40)45-37(29)46-20-24-10-11-25(21-46)48(24)32(50)6-2/h1,6,9,12,17-19,24-25,49H,2,7-8,10-11,13-16,20-22,43H2,3-4H3/t24-,25+. The van der Waals surface area contributed by atoms with E-state index >= 15 is 8.78 Å². The molecule has 4 saturated heterocycles. The first-order valence-electron chi connectivity index (χ1n) is 17.8. The summed E-state index contributed by atoms with van der Waals surface area (Å²) in [6.45, 7) is 10.6. The minimum Gasteiger partial charge on any atom is -0.508 e. The zero-order chi connectivity index (χ0) is 35.8. The lowest BCUT2D eigenvalue weighted by Crippen LogP contribution is -2.55. The second-order valence-electron chi connectivity index (χ2n) is 15.2. The quantitative estimate of drug-likeness (QED) is 0.180. The van der Waals surface area contributed by atoms with Crippen LogP contribution in [0.2, 0.25) is 0 Å². The van der Waals surface area contributed by atoms with Gasteiger partial charge in [-0.25, -0.2) is 8.78 Å². The van der Waals surface area contributed by atoms with Gasteiger partial charge in [0.15, 0.2) is 5.82 Å². The SMILES string of the molecule is C#Cc1c(F)ccc2cc(O)cc(-c3c(C(C)(C)N)cc4c(N5C[C@H]6CC[C@@H](C5)N6C(=O)C=C)nc(OCC56CCCN5CCC6)nc4c3F)c12. The summed E-state index contributed by atoms with van der Waals surface area (Å²) in [4.78, 5) is 29.0. The van der Waals surface area contributed by atoms with E-state index in [-0.39, 0.29) is 62.9 Å². The molecule has 2 atom stereocenters. The number of carbonyl (C=O) groups excluding carboxylic acids is 1. The second kappa shape index (κ2) is 12.2. The third-order valence-electron chi connectivity index (χ3n) is 11.5. The molecule has 0 saturated carbocycles. The van der Waals surface area contributed by atoms with E-state index in [9.17, 15) is 9.90 Å². The van der Waals surface area contributed by atoms with Crippen molar-refractivity contribution >= 4 is 33.4 Å². The van der Waals surface area contributed by atoms with Crippen LogP contribution in [0.3, 0.4) is 0 Å². The normalized spacial score (nSPS) is 21.3. The highest BCUT2D eigenvalue weighted by Crippen LogP contribution is 2.46. The van der Waals surface area contributed by atoms with Gasteiger partial charge in [-0.1, -0.05) is 18.6 Å². The van der Waals surface area contributed by atoms with Crippen molar-refractivity contribution in [2.75, 3.05) is 37.7 Å². The van der Waals surface area contributed by atoms with E-state index < -0.39 is 17.2 Å². The lowest BCUT2D eigenvalue weighted by atomic mass is 9.83. The number of phenols is 1. The van der Waals surface area contributed by atoms with Crippen LogP contribution in [0.15, 0.2) is 43.0 Å². The fourth-order valence-corrected chi connectivity index (χ4v) is 9.23. The molecule has 0 radical (unpaired) electrons. The molecular weight excluding hydrogens is 650 g/mol. The summed E-state index contributed by atoms with van der Waals surface area (Å²) >= 11 is 0. The number of fused-ring (bicyclic) bond motifs is 5. The molecule has 8 rings (SSSR count). The zero-order valence-corrected chi connectivity index (χ0v) is 29.0. The molecule has 2 bridgehead atoms. The van der Waals surface area contributed by atoms with Crippen LogP contribution in [0.1, 0.15) is 63.5 Å². The number of anilines is 1. The number of rotatable bonds is 7. The number of benzene rings is 3. The van der Waals surface area contributed by atoms with Gasteiger partial charge in [-0.05, 0) is 112 Å². The molecule has 4 fully saturated rings. The lowest BCUT2D eigenvalue weighted by Gasteiger charge is -2.41. The van der Waals surface area contributed by atoms with E-state index in [1.807, 2.05) is 4.90 Å². The van der Waals surface area contributed by atoms with Crippen LogP contribution in [0.25, 0.3) is 32.8 Å². The third-order valence-corrected chi connectivity index (χ3v) is 11.5. The summed E-state index contributed by atoms with van der Waals surface area (Å²) in [5.74, 6) is 1.35. The Morgan fingerprint density at radius 1 is 1.16 bits per heavy atom. The maximum atomic E-state index is 17.7. The first-order chi connectivity index (χ1) is 24.4. The highest BCUT2D eigenvalue weighted by Gasteiger charge is 2.46. The van der Waals surface area contributed by atoms with E-state index in [4.69, 9.17) is 26.9 Å². The maximum absolute atomic E-state index is 17.7. The number of hydrogen-bond acceptors (Lipinski definition) is 8. The molecule has 0 spiro atoms. The highest BCUT2D eigenvalue weighted by molar-refractivity contribution is 6.05. The van der Waals surface area contributed by atoms with Crippen molar-refractivity contribution in [3.63, 3.8) is 0 Å². The Morgan fingerprint density at radius 3 is 2.51 bits per heavy atom. The predicted molar refractivity (Wildman–Crippen MR) is 194 cm³/mol. The molecule has 11 heteroatoms. The number of hydrogen-bond donors (Lipinski definition) is 2. The summed E-state index contributed by atoms with van der Waals surface area (Å²) < 4.78 is 39.3. The van der Waals surface area contributed by atoms with Crippen LogP contribution < -0.4 is 15.4 Å². The Kier molecular flexibility index (Phi) is 7.96. The van der Waals surface area contributed by atoms with Gasteiger partial charge in [0.1, 0.15) is 29.5 Å². The smallest absolute Gasteiger partial charge is 0.319 e. The summed E-state index contributed by atoms with van der Waals surface area (Å²) in [6.07, 6.45) is 13.1. The molecule has 5 heterocycles. The van der Waals surface area contributed by atoms with E-state index in [1.165, 1.54) is 30.3 Å². The molecule has 4 aliphatic heterocycles. The molecule has 3 N–H and O–H groups in total. The van der Waals surface area contributed by atoms with Crippen LogP contribution in [0.4, 0.5) is 14.6 Å². The number of carbonyl (C=O) groups is 1. The summed E-state index contributed by atoms with van der Waals surface area (Å²) in [5, 5.41) is 12.0. The minimum absolute atomic E-state index is 0.0114. The maximum Gasteiger partial charge on any atom is 0.319 e. The fourth-order valence-electron chi connectivity index (χ4n) is 9.23. The summed E-state index contributed by atoms with van der Waals surface area (Å²) in [6, 6.07) is 7.35. The van der Waals surface area contributed by atoms with Crippen LogP contribution in [-0.4, -0.2) is 81.2 Å². The van der Waals surface area contributed by atoms with Gasteiger partial charge >= 0.3 is 6.01 Å². The van der Waals surface area contributed by atoms with Crippen molar-refractivity contribution in [3.8, 4) is 35.2 Å². The number of ether oxygens (including phenoxy) is 1. The molecule has 4 aliphatic rings. The number of nitrogens with two attached hydrogens (primary N) is 1. The largest absolute Gasteiger partial charge is 0.508 e. The van der Waals surface area contributed by atoms with Gasteiger partial charge < -0.3 is 25.4 Å². The van der Waals surface area contributed by atoms with E-state index in [0.717, 1.165) is 51.6 Å². The van der Waals surface area contributed by atoms with Crippen molar-refractivity contribution in [1.82, 2.24) is 19.8 Å². The van der Waals surface area contributed by atoms with Crippen molar-refractivity contribution in [1.29, 1.82) is 0 Å². The molecule has 4 aromatic rings. The molecule has 1 amide bonds. The number of terminal acetylenes is 1. The van der Waals surface area contributed by atoms with Gasteiger partial charge in [0, 0.05) is 47.0 Å². The van der Waals surface area contributed by atoms with Gasteiger partial charge in [-0.3, -0.25) is 9.69 Å². The third kappa shape index (κ3) is 5.38. The van der Waals surface area contributed by atoms with E-state index in [1.54, 1.807) is 19.9 Å². The lowest BCUT2D eigenvalue weighted by molar-refractivity contribution is -0.129. The van der Waals surface area contributed by atoms with Crippen LogP contribution in [-0.2, 0) is 10.3 Å². The first kappa shape index (κ1) is 33.4. The van der Waals surface area contributed by atoms with E-state index in [2.05, 4.69) is 22.3 Å².